The number of aromatic hydroxyl groups is 1. The predicted molar refractivity (Wildman–Crippen MR) is 121 cm³/mol. The number of fused-ring (bicyclic) bond motifs is 2. The number of benzene rings is 1. The first-order chi connectivity index (χ1) is 15.9. The summed E-state index contributed by atoms with van der Waals surface area (Å²) < 4.78 is 25.0. The van der Waals surface area contributed by atoms with Crippen LogP contribution in [0.1, 0.15) is 49.3 Å². The van der Waals surface area contributed by atoms with Crippen LogP contribution in [0.15, 0.2) is 35.1 Å². The number of hydrogen-bond acceptors (Lipinski definition) is 6. The molecule has 6 atom stereocenters. The second-order valence-corrected chi connectivity index (χ2v) is 11.5. The second kappa shape index (κ2) is 6.35. The lowest BCUT2D eigenvalue weighted by molar-refractivity contribution is -0.313. The van der Waals surface area contributed by atoms with E-state index >= 15 is 0 Å². The molecule has 1 aromatic carbocycles. The maximum absolute atomic E-state index is 10.9. The van der Waals surface area contributed by atoms with E-state index in [-0.39, 0.29) is 28.1 Å². The largest absolute Gasteiger partial charge is 0.504 e. The number of furan rings is 1. The maximum atomic E-state index is 10.9. The fourth-order valence-corrected chi connectivity index (χ4v) is 9.19. The quantitative estimate of drug-likeness (QED) is 0.740. The molecule has 3 heterocycles. The van der Waals surface area contributed by atoms with Gasteiger partial charge in [-0.2, -0.15) is 0 Å². The van der Waals surface area contributed by atoms with E-state index in [1.165, 1.54) is 11.1 Å². The molecule has 1 aromatic heterocycles. The molecule has 4 bridgehead atoms. The minimum atomic E-state index is -0.467. The van der Waals surface area contributed by atoms with E-state index in [0.717, 1.165) is 50.0 Å². The van der Waals surface area contributed by atoms with Gasteiger partial charge in [-0.15, -0.1) is 0 Å². The summed E-state index contributed by atoms with van der Waals surface area (Å²) in [5.74, 6) is 0.991. The first-order valence-electron chi connectivity index (χ1n) is 12.3. The number of piperidine rings is 1. The molecule has 0 radical (unpaired) electrons. The minimum Gasteiger partial charge on any atom is -0.504 e. The predicted octanol–water partition coefficient (Wildman–Crippen LogP) is 4.04. The van der Waals surface area contributed by atoms with Gasteiger partial charge in [0.05, 0.1) is 25.7 Å². The summed E-state index contributed by atoms with van der Waals surface area (Å²) in [6.45, 7) is 4.53. The number of rotatable bonds is 5. The molecule has 2 spiro atoms. The molecule has 4 aliphatic carbocycles. The molecule has 6 aliphatic rings. The van der Waals surface area contributed by atoms with Gasteiger partial charge in [-0.1, -0.05) is 13.0 Å². The highest BCUT2D eigenvalue weighted by Crippen LogP contribution is 2.78. The third-order valence-corrected chi connectivity index (χ3v) is 10.4. The van der Waals surface area contributed by atoms with Gasteiger partial charge in [0.2, 0.25) is 0 Å². The molecule has 8 rings (SSSR count). The highest BCUT2D eigenvalue weighted by Gasteiger charge is 2.82. The van der Waals surface area contributed by atoms with Crippen LogP contribution in [0.5, 0.6) is 11.5 Å². The Bertz CT molecular complexity index is 1120. The lowest BCUT2D eigenvalue weighted by Gasteiger charge is -2.76. The number of phenolic OH excluding ortho intramolecular Hbond substituents is 1. The molecule has 6 nitrogen and oxygen atoms in total. The molecule has 2 aromatic rings. The van der Waals surface area contributed by atoms with Crippen LogP contribution >= 0.6 is 0 Å². The normalized spacial score (nSPS) is 42.3. The number of likely N-dealkylation sites (N-methyl/N-ethyl adjacent to an activating group) is 1. The summed E-state index contributed by atoms with van der Waals surface area (Å²) in [6, 6.07) is 6.38. The fraction of sp³-hybridized carbons (Fsp3) is 0.630. The Labute approximate surface area is 194 Å². The summed E-state index contributed by atoms with van der Waals surface area (Å²) in [5.41, 5.74) is 3.00. The van der Waals surface area contributed by atoms with E-state index in [0.29, 0.717) is 19.3 Å². The lowest BCUT2D eigenvalue weighted by atomic mass is 9.32. The summed E-state index contributed by atoms with van der Waals surface area (Å²) in [6.07, 6.45) is 8.51. The van der Waals surface area contributed by atoms with E-state index in [4.69, 9.17) is 18.6 Å². The molecular weight excluding hydrogens is 418 g/mol. The second-order valence-electron chi connectivity index (χ2n) is 11.5. The topological polar surface area (TPSA) is 64.3 Å². The zero-order chi connectivity index (χ0) is 22.6. The van der Waals surface area contributed by atoms with Crippen LogP contribution < -0.4 is 4.74 Å². The zero-order valence-corrected chi connectivity index (χ0v) is 19.7. The fourth-order valence-electron chi connectivity index (χ4n) is 9.19. The van der Waals surface area contributed by atoms with Crippen LogP contribution in [-0.4, -0.2) is 55.1 Å². The number of nitrogens with zero attached hydrogens (tertiary/aromatic N) is 1. The van der Waals surface area contributed by atoms with Crippen molar-refractivity contribution in [3.63, 3.8) is 0 Å². The Morgan fingerprint density at radius 1 is 1.21 bits per heavy atom. The molecule has 0 amide bonds. The molecule has 2 aliphatic heterocycles. The number of methoxy groups -OCH3 is 1. The molecule has 3 saturated carbocycles. The van der Waals surface area contributed by atoms with Crippen molar-refractivity contribution in [1.29, 1.82) is 0 Å². The summed E-state index contributed by atoms with van der Waals surface area (Å²) in [7, 11) is 4.15. The molecule has 33 heavy (non-hydrogen) atoms. The van der Waals surface area contributed by atoms with Gasteiger partial charge in [-0.3, -0.25) is 0 Å². The van der Waals surface area contributed by atoms with Crippen LogP contribution in [0.4, 0.5) is 0 Å². The van der Waals surface area contributed by atoms with Crippen LogP contribution in [0.25, 0.3) is 0 Å². The molecular formula is C27H33NO5. The lowest BCUT2D eigenvalue weighted by Crippen LogP contribution is -2.83. The molecule has 176 valence electrons. The van der Waals surface area contributed by atoms with E-state index in [2.05, 4.69) is 24.9 Å². The van der Waals surface area contributed by atoms with E-state index in [1.54, 1.807) is 12.5 Å². The monoisotopic (exact) mass is 451 g/mol. The first-order valence-corrected chi connectivity index (χ1v) is 12.3. The van der Waals surface area contributed by atoms with Crippen molar-refractivity contribution in [2.45, 2.75) is 68.8 Å². The third kappa shape index (κ3) is 2.13. The number of ether oxygens (including phenoxy) is 3. The molecule has 4 fully saturated rings. The maximum Gasteiger partial charge on any atom is 0.165 e. The summed E-state index contributed by atoms with van der Waals surface area (Å²) in [4.78, 5) is 2.59. The van der Waals surface area contributed by atoms with E-state index in [1.807, 2.05) is 19.2 Å². The van der Waals surface area contributed by atoms with Crippen LogP contribution in [0.3, 0.4) is 0 Å². The molecule has 1 N–H and O–H groups in total. The van der Waals surface area contributed by atoms with Crippen molar-refractivity contribution in [1.82, 2.24) is 4.90 Å². The van der Waals surface area contributed by atoms with Crippen molar-refractivity contribution >= 4 is 0 Å². The van der Waals surface area contributed by atoms with Gasteiger partial charge in [-0.25, -0.2) is 0 Å². The highest BCUT2D eigenvalue weighted by molar-refractivity contribution is 5.63. The van der Waals surface area contributed by atoms with Gasteiger partial charge in [0.1, 0.15) is 11.7 Å². The van der Waals surface area contributed by atoms with Crippen molar-refractivity contribution in [2.75, 3.05) is 27.3 Å². The Morgan fingerprint density at radius 3 is 2.88 bits per heavy atom. The van der Waals surface area contributed by atoms with Crippen molar-refractivity contribution in [3.8, 4) is 11.5 Å². The van der Waals surface area contributed by atoms with Gasteiger partial charge >= 0.3 is 0 Å². The number of likely N-dealkylation sites (tertiary alicyclic amines) is 1. The van der Waals surface area contributed by atoms with Gasteiger partial charge in [-0.05, 0) is 63.4 Å². The van der Waals surface area contributed by atoms with Crippen LogP contribution in [0, 0.1) is 10.8 Å². The molecule has 1 saturated heterocycles. The summed E-state index contributed by atoms with van der Waals surface area (Å²) >= 11 is 0. The highest BCUT2D eigenvalue weighted by atomic mass is 16.6. The summed E-state index contributed by atoms with van der Waals surface area (Å²) in [5, 5.41) is 10.9. The Kier molecular flexibility index (Phi) is 3.92. The smallest absolute Gasteiger partial charge is 0.165 e. The molecule has 1 unspecified atom stereocenters. The van der Waals surface area contributed by atoms with E-state index in [9.17, 15) is 5.11 Å². The number of phenols is 1. The van der Waals surface area contributed by atoms with Crippen molar-refractivity contribution in [2.24, 2.45) is 10.8 Å². The SMILES string of the molecule is COC12CC[C@@]3(C[C@]1(C)COCc1ccoc1)[C@@H]1Cc4ccc(O)c5c4[C@@]3(CCN1C)[C@H]2O5. The Morgan fingerprint density at radius 2 is 2.09 bits per heavy atom. The zero-order valence-electron chi connectivity index (χ0n) is 19.7. The minimum absolute atomic E-state index is 0.0880. The number of hydrogen-bond donors (Lipinski definition) is 1. The first kappa shape index (κ1) is 20.4. The average Bonchev–Trinajstić information content (AvgIpc) is 3.44. The third-order valence-electron chi connectivity index (χ3n) is 10.4. The van der Waals surface area contributed by atoms with Crippen molar-refractivity contribution < 1.29 is 23.7 Å². The van der Waals surface area contributed by atoms with Crippen LogP contribution in [0.2, 0.25) is 0 Å². The molecule has 6 heteroatoms. The van der Waals surface area contributed by atoms with Gasteiger partial charge < -0.3 is 28.6 Å². The van der Waals surface area contributed by atoms with E-state index < -0.39 is 5.60 Å². The van der Waals surface area contributed by atoms with Crippen LogP contribution in [-0.2, 0) is 27.9 Å². The van der Waals surface area contributed by atoms with Gasteiger partial charge in [0.15, 0.2) is 11.5 Å². The van der Waals surface area contributed by atoms with Gasteiger partial charge in [0, 0.05) is 40.5 Å². The average molecular weight is 452 g/mol. The van der Waals surface area contributed by atoms with Crippen molar-refractivity contribution in [3.05, 3.63) is 47.4 Å². The Balaban J connectivity index is 1.38. The van der Waals surface area contributed by atoms with Gasteiger partial charge in [0.25, 0.3) is 0 Å². The Hall–Kier alpha value is -2.02. The standard InChI is InChI=1S/C27H33NO5/c1-24(16-32-14-17-6-11-31-13-17)15-25-7-8-27(24,30-3)23-26(25)9-10-28(2)20(25)12-18-4-5-19(29)22(33-23)21(18)26/h4-6,11,13,20,23,29H,7-10,12,14-16H2,1-3H3/t20-,23+,24+,25+,26-,27?/m0/s1.